The molecule has 2 atom stereocenters. The summed E-state index contributed by atoms with van der Waals surface area (Å²) >= 11 is 0. The van der Waals surface area contributed by atoms with Crippen LogP contribution >= 0.6 is 0 Å². The molecule has 0 spiro atoms. The average molecular weight is 342 g/mol. The van der Waals surface area contributed by atoms with Crippen LogP contribution in [-0.4, -0.2) is 54.7 Å². The summed E-state index contributed by atoms with van der Waals surface area (Å²) in [6, 6.07) is 5.42. The van der Waals surface area contributed by atoms with Crippen molar-refractivity contribution >= 4 is 22.1 Å². The van der Waals surface area contributed by atoms with Gasteiger partial charge < -0.3 is 15.1 Å². The van der Waals surface area contributed by atoms with Crippen LogP contribution in [-0.2, 0) is 14.8 Å². The zero-order chi connectivity index (χ0) is 17.2. The van der Waals surface area contributed by atoms with Gasteiger partial charge in [0.1, 0.15) is 0 Å². The smallest absolute Gasteiger partial charge is 0.407 e. The highest BCUT2D eigenvalue weighted by Gasteiger charge is 2.35. The molecule has 0 radical (unpaired) electrons. The molecule has 3 N–H and O–H groups in total. The molecule has 23 heavy (non-hydrogen) atoms. The van der Waals surface area contributed by atoms with E-state index in [4.69, 9.17) is 10.2 Å². The maximum Gasteiger partial charge on any atom is 0.407 e. The van der Waals surface area contributed by atoms with E-state index in [2.05, 4.69) is 4.72 Å². The maximum absolute atomic E-state index is 12.3. The first-order valence-electron chi connectivity index (χ1n) is 6.98. The molecule has 0 unspecified atom stereocenters. The van der Waals surface area contributed by atoms with Gasteiger partial charge in [0.25, 0.3) is 0 Å². The molecule has 9 heteroatoms. The van der Waals surface area contributed by atoms with Crippen molar-refractivity contribution in [2.24, 2.45) is 5.92 Å². The van der Waals surface area contributed by atoms with Crippen LogP contribution in [0.1, 0.15) is 12.0 Å². The molecule has 0 bridgehead atoms. The first kappa shape index (κ1) is 17.2. The monoisotopic (exact) mass is 342 g/mol. The van der Waals surface area contributed by atoms with Gasteiger partial charge in [0.15, 0.2) is 0 Å². The molecule has 8 nitrogen and oxygen atoms in total. The van der Waals surface area contributed by atoms with Crippen LogP contribution in [0.2, 0.25) is 0 Å². The highest BCUT2D eigenvalue weighted by molar-refractivity contribution is 7.89. The highest BCUT2D eigenvalue weighted by atomic mass is 32.2. The Bertz CT molecular complexity index is 678. The van der Waals surface area contributed by atoms with Crippen LogP contribution in [0.4, 0.5) is 4.79 Å². The van der Waals surface area contributed by atoms with Crippen molar-refractivity contribution in [1.29, 1.82) is 0 Å². The van der Waals surface area contributed by atoms with Crippen molar-refractivity contribution in [1.82, 2.24) is 9.62 Å². The van der Waals surface area contributed by atoms with Gasteiger partial charge >= 0.3 is 12.1 Å². The SMILES string of the molecule is Cc1ccc(S(=O)(=O)N[C@H]2C[C@H](C(=O)O)CN(C(=O)O)C2)cc1. The molecule has 1 aliphatic heterocycles. The quantitative estimate of drug-likeness (QED) is 0.741. The Labute approximate surface area is 133 Å². The van der Waals surface area contributed by atoms with Crippen LogP contribution in [0.3, 0.4) is 0 Å². The molecule has 1 aliphatic rings. The zero-order valence-electron chi connectivity index (χ0n) is 12.5. The minimum absolute atomic E-state index is 0.0458. The van der Waals surface area contributed by atoms with Crippen LogP contribution in [0.25, 0.3) is 0 Å². The lowest BCUT2D eigenvalue weighted by Gasteiger charge is -2.34. The Balaban J connectivity index is 2.18. The summed E-state index contributed by atoms with van der Waals surface area (Å²) in [6.07, 6.45) is -1.22. The number of carboxylic acids is 1. The Morgan fingerprint density at radius 3 is 2.30 bits per heavy atom. The predicted octanol–water partition coefficient (Wildman–Crippen LogP) is 0.726. The Morgan fingerprint density at radius 1 is 1.17 bits per heavy atom. The van der Waals surface area contributed by atoms with Crippen molar-refractivity contribution in [3.8, 4) is 0 Å². The van der Waals surface area contributed by atoms with Gasteiger partial charge in [-0.15, -0.1) is 0 Å². The van der Waals surface area contributed by atoms with Gasteiger partial charge in [-0.1, -0.05) is 17.7 Å². The van der Waals surface area contributed by atoms with E-state index in [1.54, 1.807) is 12.1 Å². The fourth-order valence-electron chi connectivity index (χ4n) is 2.52. The standard InChI is InChI=1S/C14H18N2O6S/c1-9-2-4-12(5-3-9)23(21,22)15-11-6-10(13(17)18)7-16(8-11)14(19)20/h2-5,10-11,15H,6-8H2,1H3,(H,17,18)(H,19,20)/t10-,11-/m0/s1. The number of likely N-dealkylation sites (tertiary alicyclic amines) is 1. The van der Waals surface area contributed by atoms with E-state index in [9.17, 15) is 18.0 Å². The number of carbonyl (C=O) groups is 2. The number of nitrogens with zero attached hydrogens (tertiary/aromatic N) is 1. The molecular formula is C14H18N2O6S. The van der Waals surface area contributed by atoms with Crippen molar-refractivity contribution < 1.29 is 28.2 Å². The maximum atomic E-state index is 12.3. The van der Waals surface area contributed by atoms with Crippen molar-refractivity contribution in [2.45, 2.75) is 24.3 Å². The van der Waals surface area contributed by atoms with Gasteiger partial charge in [0, 0.05) is 19.1 Å². The average Bonchev–Trinajstić information content (AvgIpc) is 2.46. The second-order valence-electron chi connectivity index (χ2n) is 5.59. The summed E-state index contributed by atoms with van der Waals surface area (Å²) in [6.45, 7) is 1.60. The molecular weight excluding hydrogens is 324 g/mol. The fourth-order valence-corrected chi connectivity index (χ4v) is 3.76. The second kappa shape index (κ2) is 6.55. The van der Waals surface area contributed by atoms with Crippen molar-refractivity contribution in [2.75, 3.05) is 13.1 Å². The summed E-state index contributed by atoms with van der Waals surface area (Å²) in [4.78, 5) is 23.2. The van der Waals surface area contributed by atoms with Gasteiger partial charge in [0.2, 0.25) is 10.0 Å². The number of piperidine rings is 1. The van der Waals surface area contributed by atoms with E-state index in [-0.39, 0.29) is 24.4 Å². The van der Waals surface area contributed by atoms with E-state index in [0.717, 1.165) is 10.5 Å². The normalized spacial score (nSPS) is 21.9. The Hall–Kier alpha value is -2.13. The van der Waals surface area contributed by atoms with Crippen LogP contribution < -0.4 is 4.72 Å². The summed E-state index contributed by atoms with van der Waals surface area (Å²) in [5.74, 6) is -2.08. The van der Waals surface area contributed by atoms with Gasteiger partial charge in [-0.3, -0.25) is 4.79 Å². The molecule has 1 aromatic rings. The van der Waals surface area contributed by atoms with E-state index in [1.165, 1.54) is 12.1 Å². The third kappa shape index (κ3) is 4.20. The minimum atomic E-state index is -3.84. The van der Waals surface area contributed by atoms with Crippen LogP contribution in [0.15, 0.2) is 29.2 Å². The number of hydrogen-bond donors (Lipinski definition) is 3. The lowest BCUT2D eigenvalue weighted by molar-refractivity contribution is -0.143. The molecule has 126 valence electrons. The number of carboxylic acid groups (broad SMARTS) is 2. The largest absolute Gasteiger partial charge is 0.481 e. The first-order chi connectivity index (χ1) is 10.7. The minimum Gasteiger partial charge on any atom is -0.481 e. The zero-order valence-corrected chi connectivity index (χ0v) is 13.3. The number of amides is 1. The lowest BCUT2D eigenvalue weighted by atomic mass is 9.95. The number of aliphatic carboxylic acids is 1. The Kier molecular flexibility index (Phi) is 4.90. The number of aryl methyl sites for hydroxylation is 1. The number of hydrogen-bond acceptors (Lipinski definition) is 4. The van der Waals surface area contributed by atoms with Crippen molar-refractivity contribution in [3.63, 3.8) is 0 Å². The molecule has 2 rings (SSSR count). The van der Waals surface area contributed by atoms with E-state index in [0.29, 0.717) is 0 Å². The lowest BCUT2D eigenvalue weighted by Crippen LogP contribution is -2.53. The molecule has 1 amide bonds. The summed E-state index contributed by atoms with van der Waals surface area (Å²) in [7, 11) is -3.84. The van der Waals surface area contributed by atoms with Crippen molar-refractivity contribution in [3.05, 3.63) is 29.8 Å². The molecule has 1 fully saturated rings. The fraction of sp³-hybridized carbons (Fsp3) is 0.429. The van der Waals surface area contributed by atoms with Gasteiger partial charge in [-0.05, 0) is 25.5 Å². The summed E-state index contributed by atoms with van der Waals surface area (Å²) in [5.41, 5.74) is 0.907. The molecule has 0 saturated carbocycles. The summed E-state index contributed by atoms with van der Waals surface area (Å²) in [5, 5.41) is 18.2. The molecule has 1 saturated heterocycles. The summed E-state index contributed by atoms with van der Waals surface area (Å²) < 4.78 is 27.1. The van der Waals surface area contributed by atoms with E-state index < -0.39 is 34.0 Å². The first-order valence-corrected chi connectivity index (χ1v) is 8.47. The third-order valence-electron chi connectivity index (χ3n) is 3.72. The molecule has 1 aromatic carbocycles. The number of sulfonamides is 1. The third-order valence-corrected chi connectivity index (χ3v) is 5.26. The number of nitrogens with one attached hydrogen (secondary N) is 1. The molecule has 0 aromatic heterocycles. The topological polar surface area (TPSA) is 124 Å². The van der Waals surface area contributed by atoms with Gasteiger partial charge in [-0.25, -0.2) is 17.9 Å². The van der Waals surface area contributed by atoms with Crippen LogP contribution in [0, 0.1) is 12.8 Å². The second-order valence-corrected chi connectivity index (χ2v) is 7.30. The highest BCUT2D eigenvalue weighted by Crippen LogP contribution is 2.20. The van der Waals surface area contributed by atoms with E-state index >= 15 is 0 Å². The molecule has 0 aliphatic carbocycles. The van der Waals surface area contributed by atoms with Crippen LogP contribution in [0.5, 0.6) is 0 Å². The number of benzene rings is 1. The number of rotatable bonds is 4. The molecule has 1 heterocycles. The van der Waals surface area contributed by atoms with E-state index in [1.807, 2.05) is 6.92 Å². The predicted molar refractivity (Wildman–Crippen MR) is 80.6 cm³/mol. The van der Waals surface area contributed by atoms with Gasteiger partial charge in [-0.2, -0.15) is 0 Å². The van der Waals surface area contributed by atoms with Gasteiger partial charge in [0.05, 0.1) is 10.8 Å². The Morgan fingerprint density at radius 2 is 1.78 bits per heavy atom.